The predicted molar refractivity (Wildman–Crippen MR) is 40.0 cm³/mol. The molecule has 80 valence electrons. The first-order chi connectivity index (χ1) is 5.90. The average Bonchev–Trinajstić information content (AvgIpc) is 2.03. The lowest BCUT2D eigenvalue weighted by molar-refractivity contribution is -0.167. The highest BCUT2D eigenvalue weighted by Gasteiger charge is 2.40. The van der Waals surface area contributed by atoms with Crippen LogP contribution in [0.3, 0.4) is 0 Å². The molecule has 2 N–H and O–H groups in total. The van der Waals surface area contributed by atoms with Gasteiger partial charge in [0.25, 0.3) is 0 Å². The Morgan fingerprint density at radius 3 is 2.31 bits per heavy atom. The molecule has 0 aromatic heterocycles. The van der Waals surface area contributed by atoms with E-state index in [0.29, 0.717) is 0 Å². The van der Waals surface area contributed by atoms with Crippen molar-refractivity contribution in [2.24, 2.45) is 11.7 Å². The molecule has 13 heavy (non-hydrogen) atoms. The highest BCUT2D eigenvalue weighted by molar-refractivity contribution is 4.68. The van der Waals surface area contributed by atoms with Crippen LogP contribution in [0, 0.1) is 5.92 Å². The maximum absolute atomic E-state index is 12.2. The molecule has 1 unspecified atom stereocenters. The summed E-state index contributed by atoms with van der Waals surface area (Å²) in [6, 6.07) is 0. The number of alkyl halides is 4. The van der Waals surface area contributed by atoms with Crippen molar-refractivity contribution in [2.45, 2.75) is 19.3 Å². The Labute approximate surface area is 74.0 Å². The zero-order chi connectivity index (χ0) is 10.5. The zero-order valence-electron chi connectivity index (χ0n) is 7.27. The van der Waals surface area contributed by atoms with Crippen molar-refractivity contribution in [1.82, 2.24) is 0 Å². The van der Waals surface area contributed by atoms with Crippen LogP contribution < -0.4 is 5.73 Å². The number of hydrogen-bond donors (Lipinski definition) is 1. The smallest absolute Gasteiger partial charge is 0.330 e. The third-order valence-corrected chi connectivity index (χ3v) is 1.42. The second-order valence-corrected chi connectivity index (χ2v) is 2.92. The third kappa shape index (κ3) is 5.05. The first-order valence-electron chi connectivity index (χ1n) is 3.84. The van der Waals surface area contributed by atoms with E-state index >= 15 is 0 Å². The van der Waals surface area contributed by atoms with E-state index in [9.17, 15) is 17.6 Å². The lowest BCUT2D eigenvalue weighted by atomic mass is 10.2. The second-order valence-electron chi connectivity index (χ2n) is 2.92. The molecule has 0 aliphatic carbocycles. The minimum atomic E-state index is -4.06. The Morgan fingerprint density at radius 1 is 1.38 bits per heavy atom. The molecular weight excluding hydrogens is 190 g/mol. The molecule has 0 bridgehead atoms. The normalized spacial score (nSPS) is 15.0. The van der Waals surface area contributed by atoms with Gasteiger partial charge in [0.1, 0.15) is 6.61 Å². The fraction of sp³-hybridized carbons (Fsp3) is 1.00. The second kappa shape index (κ2) is 5.39. The molecule has 0 amide bonds. The van der Waals surface area contributed by atoms with Gasteiger partial charge in [0.2, 0.25) is 0 Å². The number of ether oxygens (including phenoxy) is 1. The van der Waals surface area contributed by atoms with Gasteiger partial charge in [-0.15, -0.1) is 0 Å². The highest BCUT2D eigenvalue weighted by Crippen LogP contribution is 2.22. The van der Waals surface area contributed by atoms with E-state index < -0.39 is 19.0 Å². The minimum absolute atomic E-state index is 0.0290. The molecule has 0 fully saturated rings. The van der Waals surface area contributed by atoms with E-state index in [1.54, 1.807) is 6.92 Å². The molecule has 0 spiro atoms. The molecular formula is C7H13F4NO. The number of halogens is 4. The number of rotatable bonds is 6. The summed E-state index contributed by atoms with van der Waals surface area (Å²) in [6.45, 7) is 0.675. The molecule has 0 aliphatic rings. The van der Waals surface area contributed by atoms with Crippen molar-refractivity contribution >= 4 is 0 Å². The minimum Gasteiger partial charge on any atom is -0.375 e. The lowest BCUT2D eigenvalue weighted by Crippen LogP contribution is -2.33. The van der Waals surface area contributed by atoms with Crippen molar-refractivity contribution in [3.8, 4) is 0 Å². The Balaban J connectivity index is 3.63. The molecule has 1 atom stereocenters. The first-order valence-corrected chi connectivity index (χ1v) is 3.84. The van der Waals surface area contributed by atoms with Crippen LogP contribution in [-0.4, -0.2) is 32.1 Å². The summed E-state index contributed by atoms with van der Waals surface area (Å²) in [6.07, 6.45) is -3.68. The van der Waals surface area contributed by atoms with Crippen molar-refractivity contribution < 1.29 is 22.3 Å². The largest absolute Gasteiger partial charge is 0.375 e. The van der Waals surface area contributed by atoms with Crippen LogP contribution in [0.5, 0.6) is 0 Å². The zero-order valence-corrected chi connectivity index (χ0v) is 7.27. The summed E-state index contributed by atoms with van der Waals surface area (Å²) in [7, 11) is 0. The molecule has 6 heteroatoms. The summed E-state index contributed by atoms with van der Waals surface area (Å²) in [5.74, 6) is -4.16. The van der Waals surface area contributed by atoms with E-state index in [1.165, 1.54) is 0 Å². The topological polar surface area (TPSA) is 35.2 Å². The van der Waals surface area contributed by atoms with Gasteiger partial charge in [-0.1, -0.05) is 6.92 Å². The van der Waals surface area contributed by atoms with E-state index in [0.717, 1.165) is 0 Å². The van der Waals surface area contributed by atoms with Gasteiger partial charge < -0.3 is 10.5 Å². The summed E-state index contributed by atoms with van der Waals surface area (Å²) < 4.78 is 51.9. The molecule has 2 nitrogen and oxygen atoms in total. The Kier molecular flexibility index (Phi) is 5.24. The SMILES string of the molecule is CC(CN)COCC(F)(F)C(F)F. The van der Waals surface area contributed by atoms with Crippen LogP contribution in [0.15, 0.2) is 0 Å². The van der Waals surface area contributed by atoms with E-state index in [1.807, 2.05) is 0 Å². The highest BCUT2D eigenvalue weighted by atomic mass is 19.3. The standard InChI is InChI=1S/C7H13F4NO/c1-5(2-12)3-13-4-7(10,11)6(8)9/h5-6H,2-4,12H2,1H3. The van der Waals surface area contributed by atoms with Gasteiger partial charge in [0.05, 0.1) is 6.61 Å². The van der Waals surface area contributed by atoms with Crippen LogP contribution in [-0.2, 0) is 4.74 Å². The van der Waals surface area contributed by atoms with E-state index in [2.05, 4.69) is 4.74 Å². The Hall–Kier alpha value is -0.360. The average molecular weight is 203 g/mol. The molecule has 0 saturated carbocycles. The van der Waals surface area contributed by atoms with Gasteiger partial charge in [0.15, 0.2) is 0 Å². The first kappa shape index (κ1) is 12.6. The maximum Gasteiger partial charge on any atom is 0.330 e. The molecule has 0 aliphatic heterocycles. The maximum atomic E-state index is 12.2. The number of hydrogen-bond acceptors (Lipinski definition) is 2. The monoisotopic (exact) mass is 203 g/mol. The summed E-state index contributed by atoms with van der Waals surface area (Å²) >= 11 is 0. The molecule has 0 aromatic carbocycles. The summed E-state index contributed by atoms with van der Waals surface area (Å²) in [4.78, 5) is 0. The van der Waals surface area contributed by atoms with Crippen LogP contribution in [0.4, 0.5) is 17.6 Å². The Bertz CT molecular complexity index is 142. The molecule has 0 rings (SSSR count). The van der Waals surface area contributed by atoms with Crippen molar-refractivity contribution in [2.75, 3.05) is 19.8 Å². The molecule has 0 aromatic rings. The molecule has 0 radical (unpaired) electrons. The van der Waals surface area contributed by atoms with E-state index in [-0.39, 0.29) is 19.1 Å². The quantitative estimate of drug-likeness (QED) is 0.664. The van der Waals surface area contributed by atoms with Crippen molar-refractivity contribution in [1.29, 1.82) is 0 Å². The fourth-order valence-corrected chi connectivity index (χ4v) is 0.527. The van der Waals surface area contributed by atoms with Gasteiger partial charge in [-0.25, -0.2) is 8.78 Å². The van der Waals surface area contributed by atoms with Crippen LogP contribution >= 0.6 is 0 Å². The van der Waals surface area contributed by atoms with Gasteiger partial charge in [-0.3, -0.25) is 0 Å². The van der Waals surface area contributed by atoms with Gasteiger partial charge in [0, 0.05) is 0 Å². The van der Waals surface area contributed by atoms with Crippen LogP contribution in [0.25, 0.3) is 0 Å². The van der Waals surface area contributed by atoms with Gasteiger partial charge >= 0.3 is 12.3 Å². The van der Waals surface area contributed by atoms with Crippen LogP contribution in [0.1, 0.15) is 6.92 Å². The lowest BCUT2D eigenvalue weighted by Gasteiger charge is -2.16. The van der Waals surface area contributed by atoms with Crippen LogP contribution in [0.2, 0.25) is 0 Å². The predicted octanol–water partition coefficient (Wildman–Crippen LogP) is 1.50. The van der Waals surface area contributed by atoms with Gasteiger partial charge in [-0.2, -0.15) is 8.78 Å². The molecule has 0 saturated heterocycles. The number of nitrogens with two attached hydrogens (primary N) is 1. The summed E-state index contributed by atoms with van der Waals surface area (Å²) in [5.41, 5.74) is 5.17. The summed E-state index contributed by atoms with van der Waals surface area (Å²) in [5, 5.41) is 0. The van der Waals surface area contributed by atoms with Gasteiger partial charge in [-0.05, 0) is 12.5 Å². The van der Waals surface area contributed by atoms with E-state index in [4.69, 9.17) is 5.73 Å². The third-order valence-electron chi connectivity index (χ3n) is 1.42. The van der Waals surface area contributed by atoms with Crippen molar-refractivity contribution in [3.05, 3.63) is 0 Å². The fourth-order valence-electron chi connectivity index (χ4n) is 0.527. The van der Waals surface area contributed by atoms with Crippen molar-refractivity contribution in [3.63, 3.8) is 0 Å². The molecule has 0 heterocycles. The Morgan fingerprint density at radius 2 is 1.92 bits per heavy atom.